The van der Waals surface area contributed by atoms with Crippen LogP contribution in [0.25, 0.3) is 0 Å². The average molecular weight is 448 g/mol. The minimum absolute atomic E-state index is 0.0211. The van der Waals surface area contributed by atoms with Crippen molar-refractivity contribution in [3.8, 4) is 5.75 Å². The number of benzene rings is 1. The van der Waals surface area contributed by atoms with Crippen molar-refractivity contribution in [2.24, 2.45) is 5.92 Å². The summed E-state index contributed by atoms with van der Waals surface area (Å²) >= 11 is 0. The first-order chi connectivity index (χ1) is 15.2. The number of ether oxygens (including phenoxy) is 2. The summed E-state index contributed by atoms with van der Waals surface area (Å²) in [5.74, 6) is -0.716. The van der Waals surface area contributed by atoms with Crippen molar-refractivity contribution in [3.05, 3.63) is 29.3 Å². The van der Waals surface area contributed by atoms with Crippen molar-refractivity contribution in [3.63, 3.8) is 0 Å². The van der Waals surface area contributed by atoms with E-state index in [0.717, 1.165) is 13.1 Å². The molecule has 0 aliphatic carbocycles. The highest BCUT2D eigenvalue weighted by Crippen LogP contribution is 2.21. The Morgan fingerprint density at radius 3 is 2.59 bits per heavy atom. The Balaban J connectivity index is 1.69. The van der Waals surface area contributed by atoms with E-state index in [1.165, 1.54) is 12.1 Å². The summed E-state index contributed by atoms with van der Waals surface area (Å²) in [6, 6.07) is 3.19. The molecule has 0 bridgehead atoms. The van der Waals surface area contributed by atoms with Gasteiger partial charge in [0.1, 0.15) is 24.4 Å². The molecule has 3 atom stereocenters. The number of phenols is 1. The molecule has 9 heteroatoms. The third-order valence-electron chi connectivity index (χ3n) is 5.77. The Bertz CT molecular complexity index is 837. The molecular weight excluding hydrogens is 414 g/mol. The maximum absolute atomic E-state index is 13.0. The molecule has 3 N–H and O–H groups in total. The molecular formula is C23H33N3O6. The number of hydrogen-bond acceptors (Lipinski definition) is 7. The number of Topliss-reactive ketones (excluding diaryl/α,β-unsaturated/α-hetero) is 1. The van der Waals surface area contributed by atoms with E-state index in [0.29, 0.717) is 37.3 Å². The van der Waals surface area contributed by atoms with Gasteiger partial charge in [0.25, 0.3) is 5.91 Å². The van der Waals surface area contributed by atoms with Crippen LogP contribution in [0.4, 0.5) is 0 Å². The second-order valence-corrected chi connectivity index (χ2v) is 8.86. The van der Waals surface area contributed by atoms with E-state index in [2.05, 4.69) is 15.5 Å². The monoisotopic (exact) mass is 447 g/mol. The molecule has 3 rings (SSSR count). The molecule has 2 amide bonds. The highest BCUT2D eigenvalue weighted by molar-refractivity contribution is 5.99. The topological polar surface area (TPSA) is 117 Å². The second kappa shape index (κ2) is 10.9. The molecule has 9 nitrogen and oxygen atoms in total. The molecule has 2 fully saturated rings. The van der Waals surface area contributed by atoms with Crippen LogP contribution in [-0.2, 0) is 25.6 Å². The first kappa shape index (κ1) is 24.2. The molecule has 0 spiro atoms. The summed E-state index contributed by atoms with van der Waals surface area (Å²) in [6.07, 6.45) is 0.0218. The zero-order chi connectivity index (χ0) is 23.3. The maximum atomic E-state index is 13.0. The van der Waals surface area contributed by atoms with E-state index in [9.17, 15) is 19.5 Å². The van der Waals surface area contributed by atoms with E-state index in [1.807, 2.05) is 13.8 Å². The van der Waals surface area contributed by atoms with E-state index >= 15 is 0 Å². The van der Waals surface area contributed by atoms with E-state index in [-0.39, 0.29) is 24.1 Å². The number of carbonyl (C=O) groups is 3. The van der Waals surface area contributed by atoms with Crippen LogP contribution in [0.15, 0.2) is 18.2 Å². The fraction of sp³-hybridized carbons (Fsp3) is 0.609. The minimum Gasteiger partial charge on any atom is -0.508 e. The standard InChI is InChI=1S/C23H33N3O6/c1-14(2)10-18(23(30)25-21-15(3)32-13-20(21)28)24-22(29)16-4-5-19(27)17(11-16)12-26-6-8-31-9-7-26/h4-5,11,14-15,18,21,27H,6-10,12-13H2,1-3H3,(H,24,29)(H,25,30)/t15-,18+,21+/m1/s1. The highest BCUT2D eigenvalue weighted by atomic mass is 16.5. The predicted octanol–water partition coefficient (Wildman–Crippen LogP) is 0.842. The van der Waals surface area contributed by atoms with Gasteiger partial charge in [0.15, 0.2) is 5.78 Å². The lowest BCUT2D eigenvalue weighted by molar-refractivity contribution is -0.127. The van der Waals surface area contributed by atoms with Crippen molar-refractivity contribution in [2.45, 2.75) is 51.9 Å². The fourth-order valence-electron chi connectivity index (χ4n) is 3.91. The van der Waals surface area contributed by atoms with E-state index in [1.54, 1.807) is 13.0 Å². The van der Waals surface area contributed by atoms with Crippen molar-refractivity contribution in [1.29, 1.82) is 0 Å². The van der Waals surface area contributed by atoms with Crippen LogP contribution in [-0.4, -0.2) is 78.7 Å². The van der Waals surface area contributed by atoms with Gasteiger partial charge in [0, 0.05) is 30.8 Å². The number of amides is 2. The summed E-state index contributed by atoms with van der Waals surface area (Å²) in [5, 5.41) is 15.8. The number of morpholine rings is 1. The lowest BCUT2D eigenvalue weighted by atomic mass is 10.0. The Labute approximate surface area is 188 Å². The van der Waals surface area contributed by atoms with Gasteiger partial charge in [-0.05, 0) is 37.5 Å². The summed E-state index contributed by atoms with van der Waals surface area (Å²) in [7, 11) is 0. The summed E-state index contributed by atoms with van der Waals surface area (Å²) in [6.45, 7) is 8.93. The van der Waals surface area contributed by atoms with E-state index < -0.39 is 30.0 Å². The van der Waals surface area contributed by atoms with Crippen LogP contribution >= 0.6 is 0 Å². The fourth-order valence-corrected chi connectivity index (χ4v) is 3.91. The molecule has 2 aliphatic rings. The Morgan fingerprint density at radius 1 is 1.25 bits per heavy atom. The number of carbonyl (C=O) groups excluding carboxylic acids is 3. The summed E-state index contributed by atoms with van der Waals surface area (Å²) < 4.78 is 10.6. The van der Waals surface area contributed by atoms with Gasteiger partial charge in [-0.1, -0.05) is 13.8 Å². The second-order valence-electron chi connectivity index (χ2n) is 8.86. The minimum atomic E-state index is -0.792. The van der Waals surface area contributed by atoms with Crippen LogP contribution < -0.4 is 10.6 Å². The molecule has 1 aromatic rings. The van der Waals surface area contributed by atoms with Gasteiger partial charge in [0.2, 0.25) is 5.91 Å². The first-order valence-corrected chi connectivity index (χ1v) is 11.1. The molecule has 176 valence electrons. The van der Waals surface area contributed by atoms with Crippen LogP contribution in [0.2, 0.25) is 0 Å². The molecule has 0 saturated carbocycles. The van der Waals surface area contributed by atoms with Crippen LogP contribution in [0.3, 0.4) is 0 Å². The van der Waals surface area contributed by atoms with Crippen LogP contribution in [0, 0.1) is 5.92 Å². The molecule has 2 aliphatic heterocycles. The van der Waals surface area contributed by atoms with Gasteiger partial charge in [-0.15, -0.1) is 0 Å². The quantitative estimate of drug-likeness (QED) is 0.541. The first-order valence-electron chi connectivity index (χ1n) is 11.1. The Kier molecular flexibility index (Phi) is 8.22. The number of rotatable bonds is 8. The Hall–Kier alpha value is -2.49. The zero-order valence-electron chi connectivity index (χ0n) is 18.9. The number of ketones is 1. The van der Waals surface area contributed by atoms with Crippen molar-refractivity contribution >= 4 is 17.6 Å². The van der Waals surface area contributed by atoms with Crippen molar-refractivity contribution in [1.82, 2.24) is 15.5 Å². The average Bonchev–Trinajstić information content (AvgIpc) is 3.07. The molecule has 1 aromatic carbocycles. The SMILES string of the molecule is CC(C)C[C@H](NC(=O)c1ccc(O)c(CN2CCOCC2)c1)C(=O)N[C@@H]1C(=O)CO[C@@H]1C. The Morgan fingerprint density at radius 2 is 1.97 bits per heavy atom. The third-order valence-corrected chi connectivity index (χ3v) is 5.77. The van der Waals surface area contributed by atoms with Crippen molar-refractivity contribution in [2.75, 3.05) is 32.9 Å². The van der Waals surface area contributed by atoms with Gasteiger partial charge in [-0.2, -0.15) is 0 Å². The molecule has 0 aromatic heterocycles. The lowest BCUT2D eigenvalue weighted by Crippen LogP contribution is -2.53. The maximum Gasteiger partial charge on any atom is 0.251 e. The van der Waals surface area contributed by atoms with Crippen molar-refractivity contribution < 1.29 is 29.0 Å². The van der Waals surface area contributed by atoms with Gasteiger partial charge in [-0.25, -0.2) is 0 Å². The van der Waals surface area contributed by atoms with Gasteiger partial charge >= 0.3 is 0 Å². The number of nitrogens with zero attached hydrogens (tertiary/aromatic N) is 1. The normalized spacial score (nSPS) is 22.7. The molecule has 2 heterocycles. The number of aromatic hydroxyl groups is 1. The molecule has 2 saturated heterocycles. The smallest absolute Gasteiger partial charge is 0.251 e. The van der Waals surface area contributed by atoms with Gasteiger partial charge in [-0.3, -0.25) is 19.3 Å². The molecule has 0 radical (unpaired) electrons. The molecule has 32 heavy (non-hydrogen) atoms. The van der Waals surface area contributed by atoms with Gasteiger partial charge in [0.05, 0.1) is 19.3 Å². The summed E-state index contributed by atoms with van der Waals surface area (Å²) in [4.78, 5) is 40.0. The van der Waals surface area contributed by atoms with Crippen LogP contribution in [0.5, 0.6) is 5.75 Å². The number of nitrogens with one attached hydrogen (secondary N) is 2. The number of hydrogen-bond donors (Lipinski definition) is 3. The lowest BCUT2D eigenvalue weighted by Gasteiger charge is -2.27. The van der Waals surface area contributed by atoms with Crippen LogP contribution in [0.1, 0.15) is 43.1 Å². The highest BCUT2D eigenvalue weighted by Gasteiger charge is 2.35. The summed E-state index contributed by atoms with van der Waals surface area (Å²) in [5.41, 5.74) is 1.01. The largest absolute Gasteiger partial charge is 0.508 e. The zero-order valence-corrected chi connectivity index (χ0v) is 18.9. The number of phenolic OH excluding ortho intramolecular Hbond substituents is 1. The predicted molar refractivity (Wildman–Crippen MR) is 117 cm³/mol. The van der Waals surface area contributed by atoms with E-state index in [4.69, 9.17) is 9.47 Å². The third kappa shape index (κ3) is 6.27. The molecule has 0 unspecified atom stereocenters. The van der Waals surface area contributed by atoms with Gasteiger partial charge < -0.3 is 25.2 Å².